The normalized spacial score (nSPS) is 23.3. The van der Waals surface area contributed by atoms with Gasteiger partial charge in [-0.15, -0.1) is 0 Å². The van der Waals surface area contributed by atoms with Crippen LogP contribution in [-0.2, 0) is 36.7 Å². The van der Waals surface area contributed by atoms with Gasteiger partial charge in [-0.05, 0) is 87.5 Å². The number of carbonyl (C=O) groups is 3. The third-order valence-corrected chi connectivity index (χ3v) is 8.46. The summed E-state index contributed by atoms with van der Waals surface area (Å²) < 4.78 is 16.2. The van der Waals surface area contributed by atoms with Crippen molar-refractivity contribution in [1.29, 1.82) is 0 Å². The molecule has 1 aromatic carbocycles. The van der Waals surface area contributed by atoms with E-state index < -0.39 is 17.3 Å². The summed E-state index contributed by atoms with van der Waals surface area (Å²) >= 11 is 0. The van der Waals surface area contributed by atoms with Gasteiger partial charge in [0.05, 0.1) is 37.1 Å². The third-order valence-electron chi connectivity index (χ3n) is 8.46. The molecular formula is C29H41NO7. The van der Waals surface area contributed by atoms with Crippen LogP contribution in [0.25, 0.3) is 0 Å². The molecule has 204 valence electrons. The number of rotatable bonds is 12. The van der Waals surface area contributed by atoms with Crippen molar-refractivity contribution in [3.8, 4) is 5.75 Å². The first-order valence-corrected chi connectivity index (χ1v) is 13.8. The van der Waals surface area contributed by atoms with Gasteiger partial charge < -0.3 is 24.6 Å². The zero-order valence-corrected chi connectivity index (χ0v) is 22.0. The van der Waals surface area contributed by atoms with E-state index >= 15 is 0 Å². The Kier molecular flexibility index (Phi) is 9.60. The van der Waals surface area contributed by atoms with E-state index in [0.29, 0.717) is 57.5 Å². The smallest absolute Gasteiger partial charge is 0.314 e. The Morgan fingerprint density at radius 1 is 1.03 bits per heavy atom. The molecule has 8 heteroatoms. The van der Waals surface area contributed by atoms with Crippen LogP contribution >= 0.6 is 0 Å². The number of carboxylic acid groups (broad SMARTS) is 1. The Labute approximate surface area is 219 Å². The first kappa shape index (κ1) is 27.6. The van der Waals surface area contributed by atoms with E-state index in [2.05, 4.69) is 11.4 Å². The second-order valence-corrected chi connectivity index (χ2v) is 11.0. The lowest BCUT2D eigenvalue weighted by Gasteiger charge is -2.34. The van der Waals surface area contributed by atoms with Crippen molar-refractivity contribution in [2.24, 2.45) is 17.3 Å². The molecule has 0 aromatic heterocycles. The summed E-state index contributed by atoms with van der Waals surface area (Å²) in [5.74, 6) is -1.43. The number of aryl methyl sites for hydroxylation is 2. The molecule has 1 aromatic rings. The summed E-state index contributed by atoms with van der Waals surface area (Å²) in [4.78, 5) is 38.2. The molecule has 1 unspecified atom stereocenters. The standard InChI is InChI=1S/C29H41NO7/c1-35-15-16-36-19-23(26(31)32)18-29(13-2-3-14-29)28(34)30-24-10-7-21(8-11-24)27(33)37-25-12-9-20-5-4-6-22(20)17-25/h9,12,17,21,23-24H,2-8,10-11,13-16,18-19H2,1H3,(H,30,34)(H,31,32). The number of carboxylic acids is 1. The highest BCUT2D eigenvalue weighted by molar-refractivity contribution is 5.84. The molecule has 0 heterocycles. The minimum Gasteiger partial charge on any atom is -0.481 e. The number of hydrogen-bond acceptors (Lipinski definition) is 6. The summed E-state index contributed by atoms with van der Waals surface area (Å²) in [6, 6.07) is 5.95. The number of benzene rings is 1. The lowest BCUT2D eigenvalue weighted by molar-refractivity contribution is -0.147. The van der Waals surface area contributed by atoms with Crippen molar-refractivity contribution < 1.29 is 33.7 Å². The van der Waals surface area contributed by atoms with E-state index in [0.717, 1.165) is 32.1 Å². The van der Waals surface area contributed by atoms with Crippen molar-refractivity contribution in [1.82, 2.24) is 5.32 Å². The van der Waals surface area contributed by atoms with E-state index in [1.54, 1.807) is 7.11 Å². The Bertz CT molecular complexity index is 948. The minimum absolute atomic E-state index is 0.00440. The van der Waals surface area contributed by atoms with Gasteiger partial charge in [-0.3, -0.25) is 14.4 Å². The zero-order chi connectivity index (χ0) is 26.3. The molecule has 8 nitrogen and oxygen atoms in total. The molecule has 0 saturated heterocycles. The number of aliphatic carboxylic acids is 1. The third kappa shape index (κ3) is 7.11. The fourth-order valence-electron chi connectivity index (χ4n) is 6.26. The summed E-state index contributed by atoms with van der Waals surface area (Å²) in [6.45, 7) is 0.810. The zero-order valence-electron chi connectivity index (χ0n) is 22.0. The van der Waals surface area contributed by atoms with Gasteiger partial charge in [0.15, 0.2) is 0 Å². The average molecular weight is 516 g/mol. The van der Waals surface area contributed by atoms with Gasteiger partial charge in [-0.2, -0.15) is 0 Å². The number of esters is 1. The van der Waals surface area contributed by atoms with Crippen molar-refractivity contribution in [3.63, 3.8) is 0 Å². The molecule has 2 N–H and O–H groups in total. The molecule has 0 radical (unpaired) electrons. The van der Waals surface area contributed by atoms with Gasteiger partial charge in [0, 0.05) is 13.2 Å². The quantitative estimate of drug-likeness (QED) is 0.245. The van der Waals surface area contributed by atoms with Crippen LogP contribution in [-0.4, -0.2) is 55.9 Å². The van der Waals surface area contributed by atoms with Crippen molar-refractivity contribution in [2.75, 3.05) is 26.9 Å². The molecule has 0 aliphatic heterocycles. The van der Waals surface area contributed by atoms with Gasteiger partial charge in [0.2, 0.25) is 5.91 Å². The van der Waals surface area contributed by atoms with E-state index in [4.69, 9.17) is 14.2 Å². The van der Waals surface area contributed by atoms with Crippen LogP contribution in [0.1, 0.15) is 75.3 Å². The highest BCUT2D eigenvalue weighted by Gasteiger charge is 2.45. The number of amides is 1. The van der Waals surface area contributed by atoms with Crippen LogP contribution in [0.4, 0.5) is 0 Å². The lowest BCUT2D eigenvalue weighted by atomic mass is 9.76. The molecule has 0 bridgehead atoms. The second-order valence-electron chi connectivity index (χ2n) is 11.0. The van der Waals surface area contributed by atoms with Crippen LogP contribution in [0, 0.1) is 17.3 Å². The predicted octanol–water partition coefficient (Wildman–Crippen LogP) is 4.07. The Hall–Kier alpha value is -2.45. The lowest BCUT2D eigenvalue weighted by Crippen LogP contribution is -2.47. The van der Waals surface area contributed by atoms with Gasteiger partial charge in [0.1, 0.15) is 5.75 Å². The topological polar surface area (TPSA) is 111 Å². The minimum atomic E-state index is -0.932. The number of hydrogen-bond donors (Lipinski definition) is 2. The maximum Gasteiger partial charge on any atom is 0.314 e. The molecule has 3 aliphatic rings. The molecule has 0 spiro atoms. The monoisotopic (exact) mass is 515 g/mol. The molecular weight excluding hydrogens is 474 g/mol. The van der Waals surface area contributed by atoms with Crippen LogP contribution in [0.15, 0.2) is 18.2 Å². The Morgan fingerprint density at radius 2 is 1.76 bits per heavy atom. The molecule has 37 heavy (non-hydrogen) atoms. The number of fused-ring (bicyclic) bond motifs is 1. The Balaban J connectivity index is 1.27. The highest BCUT2D eigenvalue weighted by atomic mass is 16.5. The molecule has 2 fully saturated rings. The molecule has 2 saturated carbocycles. The van der Waals surface area contributed by atoms with E-state index in [1.807, 2.05) is 12.1 Å². The van der Waals surface area contributed by atoms with E-state index in [-0.39, 0.29) is 36.9 Å². The second kappa shape index (κ2) is 12.9. The summed E-state index contributed by atoms with van der Waals surface area (Å²) in [6.07, 6.45) is 9.60. The number of nitrogens with one attached hydrogen (secondary N) is 1. The van der Waals surface area contributed by atoms with Crippen molar-refractivity contribution in [2.45, 2.75) is 83.1 Å². The van der Waals surface area contributed by atoms with Crippen molar-refractivity contribution in [3.05, 3.63) is 29.3 Å². The molecule has 4 rings (SSSR count). The maximum atomic E-state index is 13.5. The summed E-state index contributed by atoms with van der Waals surface area (Å²) in [5.41, 5.74) is 1.96. The number of ether oxygens (including phenoxy) is 3. The number of methoxy groups -OCH3 is 1. The van der Waals surface area contributed by atoms with Crippen LogP contribution in [0.3, 0.4) is 0 Å². The van der Waals surface area contributed by atoms with Gasteiger partial charge in [-0.1, -0.05) is 18.9 Å². The van der Waals surface area contributed by atoms with Gasteiger partial charge in [0.25, 0.3) is 0 Å². The van der Waals surface area contributed by atoms with Crippen molar-refractivity contribution >= 4 is 17.8 Å². The predicted molar refractivity (Wildman–Crippen MR) is 137 cm³/mol. The first-order valence-electron chi connectivity index (χ1n) is 13.8. The van der Waals surface area contributed by atoms with Crippen LogP contribution < -0.4 is 10.1 Å². The highest BCUT2D eigenvalue weighted by Crippen LogP contribution is 2.44. The first-order chi connectivity index (χ1) is 17.9. The fourth-order valence-corrected chi connectivity index (χ4v) is 6.26. The molecule has 3 aliphatic carbocycles. The SMILES string of the molecule is COCCOCC(CC1(C(=O)NC2CCC(C(=O)Oc3ccc4c(c3)CCC4)CC2)CCCC1)C(=O)O. The summed E-state index contributed by atoms with van der Waals surface area (Å²) in [5, 5.41) is 13.0. The molecule has 1 amide bonds. The fraction of sp³-hybridized carbons (Fsp3) is 0.690. The maximum absolute atomic E-state index is 13.5. The Morgan fingerprint density at radius 3 is 2.46 bits per heavy atom. The van der Waals surface area contributed by atoms with Crippen LogP contribution in [0.2, 0.25) is 0 Å². The van der Waals surface area contributed by atoms with Gasteiger partial charge in [-0.25, -0.2) is 0 Å². The van der Waals surface area contributed by atoms with E-state index in [1.165, 1.54) is 11.1 Å². The molecule has 1 atom stereocenters. The van der Waals surface area contributed by atoms with Crippen LogP contribution in [0.5, 0.6) is 5.75 Å². The van der Waals surface area contributed by atoms with Gasteiger partial charge >= 0.3 is 11.9 Å². The largest absolute Gasteiger partial charge is 0.481 e. The average Bonchev–Trinajstić information content (AvgIpc) is 3.56. The van der Waals surface area contributed by atoms with E-state index in [9.17, 15) is 19.5 Å². The summed E-state index contributed by atoms with van der Waals surface area (Å²) in [7, 11) is 1.57. The number of carbonyl (C=O) groups excluding carboxylic acids is 2.